The van der Waals surface area contributed by atoms with E-state index < -0.39 is 23.4 Å². The summed E-state index contributed by atoms with van der Waals surface area (Å²) >= 11 is 0. The molecule has 8 rings (SSSR count). The van der Waals surface area contributed by atoms with Crippen LogP contribution >= 0.6 is 0 Å². The monoisotopic (exact) mass is 744 g/mol. The Morgan fingerprint density at radius 3 is 2.58 bits per heavy atom. The summed E-state index contributed by atoms with van der Waals surface area (Å²) in [6.45, 7) is 0.547. The summed E-state index contributed by atoms with van der Waals surface area (Å²) in [6, 6.07) is 20.0. The van der Waals surface area contributed by atoms with Crippen molar-refractivity contribution >= 4 is 28.1 Å². The maximum Gasteiger partial charge on any atom is 0.200 e. The Bertz CT molecular complexity index is 2250. The van der Waals surface area contributed by atoms with E-state index in [0.29, 0.717) is 49.4 Å². The van der Waals surface area contributed by atoms with Crippen molar-refractivity contribution < 1.29 is 39.8 Å². The summed E-state index contributed by atoms with van der Waals surface area (Å²) in [7, 11) is 1.42. The maximum atomic E-state index is 15.3. The number of ether oxygens (including phenoxy) is 2. The summed E-state index contributed by atoms with van der Waals surface area (Å²) in [5.41, 5.74) is 4.77. The number of aliphatic hydroxyl groups excluding tert-OH is 1. The van der Waals surface area contributed by atoms with Crippen molar-refractivity contribution in [3.8, 4) is 34.5 Å². The molecule has 10 nitrogen and oxygen atoms in total. The molecule has 3 atom stereocenters. The molecule has 1 aliphatic carbocycles. The average Bonchev–Trinajstić information content (AvgIpc) is 3.68. The number of hydrogen-bond acceptors (Lipinski definition) is 10. The molecule has 0 saturated heterocycles. The molecule has 5 aromatic rings. The van der Waals surface area contributed by atoms with Crippen molar-refractivity contribution in [3.05, 3.63) is 101 Å². The van der Waals surface area contributed by atoms with Crippen molar-refractivity contribution in [2.24, 2.45) is 5.92 Å². The van der Waals surface area contributed by atoms with Crippen LogP contribution in [0.5, 0.6) is 34.5 Å². The number of aliphatic hydroxyl groups is 1. The number of ketones is 1. The van der Waals surface area contributed by atoms with Crippen LogP contribution in [0.25, 0.3) is 10.8 Å². The van der Waals surface area contributed by atoms with E-state index in [0.717, 1.165) is 77.2 Å². The predicted octanol–water partition coefficient (Wildman–Crippen LogP) is 8.25. The fourth-order valence-corrected chi connectivity index (χ4v) is 9.69. The number of pyridine rings is 1. The van der Waals surface area contributed by atoms with Crippen LogP contribution in [0.2, 0.25) is 0 Å². The Balaban J connectivity index is 1.24. The third-order valence-corrected chi connectivity index (χ3v) is 12.4. The van der Waals surface area contributed by atoms with Gasteiger partial charge in [-0.1, -0.05) is 31.0 Å². The van der Waals surface area contributed by atoms with E-state index in [4.69, 9.17) is 14.5 Å². The number of benzene rings is 4. The molecule has 0 radical (unpaired) electrons. The zero-order chi connectivity index (χ0) is 38.3. The molecular weight excluding hydrogens is 697 g/mol. The van der Waals surface area contributed by atoms with Crippen LogP contribution < -0.4 is 14.8 Å². The molecule has 55 heavy (non-hydrogen) atoms. The van der Waals surface area contributed by atoms with Crippen LogP contribution in [-0.4, -0.2) is 56.1 Å². The standard InChI is InChI=1S/C45H48N2O8/c1-54-40-24-29(23-39(52)43(40)53)27-6-11-34-32-12-10-31(48)21-28(32)7-13-35(34)47-41-25-30(16-19-46-41)45(17-2-3-18-45)42(38(51)22-27)36(49)14-8-26-9-15-37(50)44-33(26)5-4-20-55-44/h7,9-10,12-13,15-16,19,21,23-25,27,36,42,48-50,52-53H,2-6,8,11,14,17-18,20,22H2,1H3,(H,46,47)/t27-,36-,42-/m1/s1. The fourth-order valence-electron chi connectivity index (χ4n) is 9.69. The van der Waals surface area contributed by atoms with E-state index in [1.54, 1.807) is 30.5 Å². The Morgan fingerprint density at radius 1 is 0.927 bits per heavy atom. The number of nitrogens with zero attached hydrogens (tertiary/aromatic N) is 1. The van der Waals surface area contributed by atoms with Gasteiger partial charge >= 0.3 is 0 Å². The quantitative estimate of drug-likeness (QED) is 0.0935. The minimum atomic E-state index is -0.980. The largest absolute Gasteiger partial charge is 0.508 e. The average molecular weight is 745 g/mol. The minimum Gasteiger partial charge on any atom is -0.508 e. The van der Waals surface area contributed by atoms with E-state index in [1.165, 1.54) is 13.2 Å². The van der Waals surface area contributed by atoms with Crippen LogP contribution in [0.4, 0.5) is 11.5 Å². The molecule has 4 aromatic carbocycles. The molecule has 1 fully saturated rings. The van der Waals surface area contributed by atoms with E-state index in [1.807, 2.05) is 36.4 Å². The zero-order valence-electron chi connectivity index (χ0n) is 31.1. The first-order valence-corrected chi connectivity index (χ1v) is 19.4. The highest BCUT2D eigenvalue weighted by molar-refractivity contribution is 5.92. The second-order valence-electron chi connectivity index (χ2n) is 15.5. The molecule has 3 heterocycles. The molecule has 6 N–H and O–H groups in total. The van der Waals surface area contributed by atoms with Crippen molar-refractivity contribution in [1.82, 2.24) is 4.98 Å². The Kier molecular flexibility index (Phi) is 9.94. The number of hydrogen-bond donors (Lipinski definition) is 6. The molecule has 0 unspecified atom stereocenters. The zero-order valence-corrected chi connectivity index (χ0v) is 31.1. The van der Waals surface area contributed by atoms with Crippen LogP contribution in [0, 0.1) is 5.92 Å². The van der Waals surface area contributed by atoms with Gasteiger partial charge in [0, 0.05) is 29.3 Å². The highest BCUT2D eigenvalue weighted by atomic mass is 16.5. The Labute approximate surface area is 320 Å². The lowest BCUT2D eigenvalue weighted by molar-refractivity contribution is -0.130. The smallest absolute Gasteiger partial charge is 0.200 e. The first kappa shape index (κ1) is 36.5. The van der Waals surface area contributed by atoms with Gasteiger partial charge in [-0.05, 0) is 139 Å². The molecule has 1 spiro atoms. The molecule has 10 heteroatoms. The van der Waals surface area contributed by atoms with Gasteiger partial charge in [-0.15, -0.1) is 0 Å². The molecule has 3 aliphatic rings. The van der Waals surface area contributed by atoms with Gasteiger partial charge in [0.05, 0.1) is 25.7 Å². The highest BCUT2D eigenvalue weighted by Gasteiger charge is 2.49. The summed E-state index contributed by atoms with van der Waals surface area (Å²) in [5, 5.41) is 60.1. The SMILES string of the molecule is COc1cc([C@@H]2CCc3c(ccc4cc(O)ccc34)Nc3cc(ccn3)C3(CCCC3)[C@H]([C@H](O)CCc3ccc(O)c4c3CCCO4)C(=O)C2)cc(O)c1O. The van der Waals surface area contributed by atoms with Gasteiger partial charge in [-0.2, -0.15) is 0 Å². The van der Waals surface area contributed by atoms with Gasteiger partial charge in [0.25, 0.3) is 0 Å². The number of nitrogens with one attached hydrogen (secondary N) is 1. The van der Waals surface area contributed by atoms with Gasteiger partial charge in [0.15, 0.2) is 23.0 Å². The fraction of sp³-hybridized carbons (Fsp3) is 0.378. The van der Waals surface area contributed by atoms with Gasteiger partial charge in [0.1, 0.15) is 17.4 Å². The van der Waals surface area contributed by atoms with Gasteiger partial charge in [0.2, 0.25) is 5.75 Å². The molecule has 286 valence electrons. The number of anilines is 2. The summed E-state index contributed by atoms with van der Waals surface area (Å²) in [6.07, 6.45) is 7.68. The highest BCUT2D eigenvalue weighted by Crippen LogP contribution is 2.51. The number of rotatable bonds is 6. The second kappa shape index (κ2) is 15.0. The summed E-state index contributed by atoms with van der Waals surface area (Å²) in [4.78, 5) is 20.0. The molecule has 0 amide bonds. The normalized spacial score (nSPS) is 19.9. The Hall–Kier alpha value is -5.48. The summed E-state index contributed by atoms with van der Waals surface area (Å²) in [5.74, 6) is -0.358. The number of aryl methyl sites for hydroxylation is 2. The van der Waals surface area contributed by atoms with E-state index in [2.05, 4.69) is 5.32 Å². The first-order chi connectivity index (χ1) is 26.6. The first-order valence-electron chi connectivity index (χ1n) is 19.4. The third kappa shape index (κ3) is 6.88. The Morgan fingerprint density at radius 2 is 1.76 bits per heavy atom. The van der Waals surface area contributed by atoms with Gasteiger partial charge < -0.3 is 40.3 Å². The van der Waals surface area contributed by atoms with Crippen LogP contribution in [0.15, 0.2) is 72.9 Å². The molecule has 1 saturated carbocycles. The van der Waals surface area contributed by atoms with E-state index >= 15 is 4.79 Å². The lowest BCUT2D eigenvalue weighted by atomic mass is 9.63. The number of phenols is 4. The van der Waals surface area contributed by atoms with Crippen molar-refractivity contribution in [2.45, 2.75) is 88.1 Å². The lowest BCUT2D eigenvalue weighted by Crippen LogP contribution is -2.45. The summed E-state index contributed by atoms with van der Waals surface area (Å²) < 4.78 is 11.3. The molecule has 2 bridgehead atoms. The minimum absolute atomic E-state index is 0.0596. The topological polar surface area (TPSA) is 162 Å². The molecule has 1 aromatic heterocycles. The lowest BCUT2D eigenvalue weighted by Gasteiger charge is -2.41. The molecular formula is C45H48N2O8. The van der Waals surface area contributed by atoms with Crippen LogP contribution in [0.3, 0.4) is 0 Å². The number of carbonyl (C=O) groups is 1. The van der Waals surface area contributed by atoms with Crippen LogP contribution in [-0.2, 0) is 29.5 Å². The number of fused-ring (bicyclic) bond motifs is 7. The third-order valence-electron chi connectivity index (χ3n) is 12.4. The predicted molar refractivity (Wildman–Crippen MR) is 210 cm³/mol. The number of carbonyl (C=O) groups excluding carboxylic acids is 1. The number of methoxy groups -OCH3 is 1. The van der Waals surface area contributed by atoms with Gasteiger partial charge in [-0.3, -0.25) is 4.79 Å². The van der Waals surface area contributed by atoms with E-state index in [9.17, 15) is 25.5 Å². The van der Waals surface area contributed by atoms with Gasteiger partial charge in [-0.25, -0.2) is 4.98 Å². The van der Waals surface area contributed by atoms with E-state index in [-0.39, 0.29) is 41.0 Å². The van der Waals surface area contributed by atoms with Crippen molar-refractivity contribution in [3.63, 3.8) is 0 Å². The van der Waals surface area contributed by atoms with Crippen LogP contribution in [0.1, 0.15) is 85.1 Å². The maximum absolute atomic E-state index is 15.3. The van der Waals surface area contributed by atoms with Crippen molar-refractivity contribution in [1.29, 1.82) is 0 Å². The number of phenolic OH excluding ortho intramolecular Hbond substituents is 4. The second-order valence-corrected chi connectivity index (χ2v) is 15.5. The number of aromatic hydroxyl groups is 4. The number of aromatic nitrogens is 1. The molecule has 2 aliphatic heterocycles. The van der Waals surface area contributed by atoms with Crippen molar-refractivity contribution in [2.75, 3.05) is 19.0 Å². The number of Topliss-reactive ketones (excluding diaryl/α,β-unsaturated/α-hetero) is 1.